The molecule has 0 amide bonds. The molecule has 86 valence electrons. The number of aliphatic hydroxyl groups is 1. The second-order valence-electron chi connectivity index (χ2n) is 4.20. The van der Waals surface area contributed by atoms with Crippen molar-refractivity contribution in [3.8, 4) is 0 Å². The van der Waals surface area contributed by atoms with Crippen molar-refractivity contribution in [2.45, 2.75) is 51.5 Å². The summed E-state index contributed by atoms with van der Waals surface area (Å²) in [6, 6.07) is 0. The smallest absolute Gasteiger partial charge is 0.0643 e. The largest absolute Gasteiger partial charge is 0.396 e. The summed E-state index contributed by atoms with van der Waals surface area (Å²) >= 11 is 0. The maximum Gasteiger partial charge on any atom is 0.0643 e. The number of nitrogens with two attached hydrogens (primary N) is 1. The molecule has 0 radical (unpaired) electrons. The summed E-state index contributed by atoms with van der Waals surface area (Å²) in [6.45, 7) is 5.82. The zero-order chi connectivity index (χ0) is 10.9. The van der Waals surface area contributed by atoms with Crippen LogP contribution >= 0.6 is 0 Å². The molecule has 0 aromatic heterocycles. The average molecular weight is 203 g/mol. The third-order valence-electron chi connectivity index (χ3n) is 2.44. The van der Waals surface area contributed by atoms with Gasteiger partial charge in [-0.05, 0) is 26.2 Å². The fourth-order valence-corrected chi connectivity index (χ4v) is 1.08. The maximum atomic E-state index is 8.56. The van der Waals surface area contributed by atoms with E-state index in [1.54, 1.807) is 0 Å². The van der Waals surface area contributed by atoms with Crippen LogP contribution in [0.3, 0.4) is 0 Å². The van der Waals surface area contributed by atoms with Crippen molar-refractivity contribution in [2.24, 2.45) is 5.73 Å². The van der Waals surface area contributed by atoms with Crippen LogP contribution in [0.25, 0.3) is 0 Å². The van der Waals surface area contributed by atoms with Gasteiger partial charge in [0.2, 0.25) is 0 Å². The standard InChI is InChI=1S/C11H25NO2/c1-3-11(2,12)10-14-9-7-5-4-6-8-13/h13H,3-10,12H2,1-2H3. The van der Waals surface area contributed by atoms with Crippen molar-refractivity contribution in [3.63, 3.8) is 0 Å². The van der Waals surface area contributed by atoms with E-state index < -0.39 is 0 Å². The molecular weight excluding hydrogens is 178 g/mol. The van der Waals surface area contributed by atoms with Gasteiger partial charge in [0.15, 0.2) is 0 Å². The van der Waals surface area contributed by atoms with Gasteiger partial charge in [0.1, 0.15) is 0 Å². The van der Waals surface area contributed by atoms with E-state index in [1.165, 1.54) is 0 Å². The quantitative estimate of drug-likeness (QED) is 0.561. The summed E-state index contributed by atoms with van der Waals surface area (Å²) in [5.74, 6) is 0. The lowest BCUT2D eigenvalue weighted by Gasteiger charge is -2.22. The SMILES string of the molecule is CCC(C)(N)COCCCCCCO. The second kappa shape index (κ2) is 8.21. The van der Waals surface area contributed by atoms with Gasteiger partial charge in [0.05, 0.1) is 6.61 Å². The Bertz CT molecular complexity index is 126. The van der Waals surface area contributed by atoms with Gasteiger partial charge in [-0.3, -0.25) is 0 Å². The molecule has 0 heterocycles. The fourth-order valence-electron chi connectivity index (χ4n) is 1.08. The first-order chi connectivity index (χ1) is 6.62. The highest BCUT2D eigenvalue weighted by atomic mass is 16.5. The van der Waals surface area contributed by atoms with Crippen molar-refractivity contribution in [3.05, 3.63) is 0 Å². The Kier molecular flexibility index (Phi) is 8.14. The molecule has 0 aromatic rings. The van der Waals surface area contributed by atoms with Gasteiger partial charge >= 0.3 is 0 Å². The van der Waals surface area contributed by atoms with Crippen LogP contribution in [0.4, 0.5) is 0 Å². The van der Waals surface area contributed by atoms with Gasteiger partial charge in [0.25, 0.3) is 0 Å². The van der Waals surface area contributed by atoms with Gasteiger partial charge in [0, 0.05) is 18.8 Å². The lowest BCUT2D eigenvalue weighted by atomic mass is 10.0. The normalized spacial score (nSPS) is 15.4. The van der Waals surface area contributed by atoms with Crippen molar-refractivity contribution in [1.82, 2.24) is 0 Å². The molecule has 0 saturated carbocycles. The average Bonchev–Trinajstić information content (AvgIpc) is 2.16. The van der Waals surface area contributed by atoms with Crippen molar-refractivity contribution < 1.29 is 9.84 Å². The van der Waals surface area contributed by atoms with Crippen LogP contribution in [-0.4, -0.2) is 30.5 Å². The molecule has 0 aliphatic carbocycles. The molecule has 3 heteroatoms. The van der Waals surface area contributed by atoms with Gasteiger partial charge in [-0.1, -0.05) is 19.8 Å². The van der Waals surface area contributed by atoms with Crippen LogP contribution < -0.4 is 5.73 Å². The first-order valence-corrected chi connectivity index (χ1v) is 5.60. The van der Waals surface area contributed by atoms with E-state index in [0.717, 1.165) is 38.7 Å². The van der Waals surface area contributed by atoms with E-state index in [4.69, 9.17) is 15.6 Å². The molecule has 3 N–H and O–H groups in total. The molecule has 0 aliphatic heterocycles. The lowest BCUT2D eigenvalue weighted by Crippen LogP contribution is -2.40. The second-order valence-corrected chi connectivity index (χ2v) is 4.20. The minimum Gasteiger partial charge on any atom is -0.396 e. The Balaban J connectivity index is 3.13. The van der Waals surface area contributed by atoms with Crippen LogP contribution in [0.2, 0.25) is 0 Å². The summed E-state index contributed by atoms with van der Waals surface area (Å²) < 4.78 is 5.48. The van der Waals surface area contributed by atoms with Crippen LogP contribution in [0, 0.1) is 0 Å². The molecule has 0 aromatic carbocycles. The highest BCUT2D eigenvalue weighted by Gasteiger charge is 2.14. The summed E-state index contributed by atoms with van der Waals surface area (Å²) in [4.78, 5) is 0. The van der Waals surface area contributed by atoms with Crippen LogP contribution in [0.1, 0.15) is 46.0 Å². The number of aliphatic hydroxyl groups excluding tert-OH is 1. The minimum absolute atomic E-state index is 0.175. The maximum absolute atomic E-state index is 8.56. The molecule has 14 heavy (non-hydrogen) atoms. The number of hydrogen-bond donors (Lipinski definition) is 2. The van der Waals surface area contributed by atoms with Crippen LogP contribution in [0.5, 0.6) is 0 Å². The first-order valence-electron chi connectivity index (χ1n) is 5.60. The molecule has 3 nitrogen and oxygen atoms in total. The summed E-state index contributed by atoms with van der Waals surface area (Å²) in [7, 11) is 0. The van der Waals surface area contributed by atoms with Crippen molar-refractivity contribution >= 4 is 0 Å². The molecule has 1 atom stereocenters. The third kappa shape index (κ3) is 8.48. The van der Waals surface area contributed by atoms with Crippen molar-refractivity contribution in [2.75, 3.05) is 19.8 Å². The van der Waals surface area contributed by atoms with E-state index in [9.17, 15) is 0 Å². The predicted molar refractivity (Wildman–Crippen MR) is 59.3 cm³/mol. The van der Waals surface area contributed by atoms with Crippen molar-refractivity contribution in [1.29, 1.82) is 0 Å². The monoisotopic (exact) mass is 203 g/mol. The Morgan fingerprint density at radius 1 is 1.21 bits per heavy atom. The molecule has 0 spiro atoms. The third-order valence-corrected chi connectivity index (χ3v) is 2.44. The predicted octanol–water partition coefficient (Wildman–Crippen LogP) is 1.68. The Morgan fingerprint density at radius 3 is 2.43 bits per heavy atom. The topological polar surface area (TPSA) is 55.5 Å². The molecule has 0 rings (SSSR count). The van der Waals surface area contributed by atoms with Gasteiger partial charge < -0.3 is 15.6 Å². The highest BCUT2D eigenvalue weighted by Crippen LogP contribution is 2.06. The molecule has 0 fully saturated rings. The molecule has 0 bridgehead atoms. The summed E-state index contributed by atoms with van der Waals surface area (Å²) in [5, 5.41) is 8.56. The summed E-state index contributed by atoms with van der Waals surface area (Å²) in [5.41, 5.74) is 5.74. The van der Waals surface area contributed by atoms with Crippen LogP contribution in [0.15, 0.2) is 0 Å². The zero-order valence-electron chi connectivity index (χ0n) is 9.59. The number of ether oxygens (including phenoxy) is 1. The fraction of sp³-hybridized carbons (Fsp3) is 1.00. The molecule has 1 unspecified atom stereocenters. The van der Waals surface area contributed by atoms with E-state index >= 15 is 0 Å². The minimum atomic E-state index is -0.175. The Morgan fingerprint density at radius 2 is 1.86 bits per heavy atom. The summed E-state index contributed by atoms with van der Waals surface area (Å²) in [6.07, 6.45) is 5.14. The lowest BCUT2D eigenvalue weighted by molar-refractivity contribution is 0.0863. The number of rotatable bonds is 9. The van der Waals surface area contributed by atoms with Crippen LogP contribution in [-0.2, 0) is 4.74 Å². The molecule has 0 aliphatic rings. The molecule has 0 saturated heterocycles. The van der Waals surface area contributed by atoms with E-state index in [1.807, 2.05) is 6.92 Å². The molecular formula is C11H25NO2. The van der Waals surface area contributed by atoms with E-state index in [2.05, 4.69) is 6.92 Å². The highest BCUT2D eigenvalue weighted by molar-refractivity contribution is 4.75. The first kappa shape index (κ1) is 13.9. The van der Waals surface area contributed by atoms with Gasteiger partial charge in [-0.25, -0.2) is 0 Å². The van der Waals surface area contributed by atoms with E-state index in [-0.39, 0.29) is 5.54 Å². The Labute approximate surface area is 87.6 Å². The number of unbranched alkanes of at least 4 members (excludes halogenated alkanes) is 3. The Hall–Kier alpha value is -0.120. The zero-order valence-corrected chi connectivity index (χ0v) is 9.59. The number of hydrogen-bond acceptors (Lipinski definition) is 3. The van der Waals surface area contributed by atoms with Gasteiger partial charge in [-0.15, -0.1) is 0 Å². The van der Waals surface area contributed by atoms with E-state index in [0.29, 0.717) is 13.2 Å². The van der Waals surface area contributed by atoms with Gasteiger partial charge in [-0.2, -0.15) is 0 Å².